The molecule has 0 bridgehead atoms. The van der Waals surface area contributed by atoms with Gasteiger partial charge in [-0.05, 0) is 38.3 Å². The van der Waals surface area contributed by atoms with Crippen molar-refractivity contribution in [2.75, 3.05) is 5.73 Å². The minimum absolute atomic E-state index is 0.0152. The van der Waals surface area contributed by atoms with Crippen LogP contribution in [0.3, 0.4) is 0 Å². The Labute approximate surface area is 112 Å². The van der Waals surface area contributed by atoms with E-state index in [1.165, 1.54) is 25.3 Å². The van der Waals surface area contributed by atoms with E-state index in [9.17, 15) is 4.39 Å². The Morgan fingerprint density at radius 2 is 1.95 bits per heavy atom. The highest BCUT2D eigenvalue weighted by Gasteiger charge is 2.32. The van der Waals surface area contributed by atoms with Gasteiger partial charge in [0.1, 0.15) is 5.82 Å². The zero-order chi connectivity index (χ0) is 13.6. The molecule has 2 N–H and O–H groups in total. The lowest BCUT2D eigenvalue weighted by Crippen LogP contribution is -2.33. The first kappa shape index (κ1) is 12.5. The minimum atomic E-state index is -0.217. The summed E-state index contributed by atoms with van der Waals surface area (Å²) in [6.07, 6.45) is 5.94. The van der Waals surface area contributed by atoms with Crippen molar-refractivity contribution in [2.45, 2.75) is 51.5 Å². The fraction of sp³-hybridized carbons (Fsp3) is 0.533. The Balaban J connectivity index is 2.22. The Morgan fingerprint density at radius 1 is 1.26 bits per heavy atom. The Kier molecular flexibility index (Phi) is 2.77. The first-order valence-electron chi connectivity index (χ1n) is 6.96. The number of hydrogen-bond acceptors (Lipinski definition) is 2. The van der Waals surface area contributed by atoms with Gasteiger partial charge in [-0.1, -0.05) is 19.3 Å². The number of aryl methyl sites for hydroxylation is 1. The van der Waals surface area contributed by atoms with Gasteiger partial charge < -0.3 is 10.3 Å². The third kappa shape index (κ3) is 1.90. The normalized spacial score (nSPS) is 18.9. The van der Waals surface area contributed by atoms with Gasteiger partial charge in [0.25, 0.3) is 0 Å². The largest absolute Gasteiger partial charge is 0.369 e. The summed E-state index contributed by atoms with van der Waals surface area (Å²) in [6, 6.07) is 3.36. The maximum Gasteiger partial charge on any atom is 0.201 e. The van der Waals surface area contributed by atoms with Crippen LogP contribution in [0.25, 0.3) is 11.0 Å². The summed E-state index contributed by atoms with van der Waals surface area (Å²) in [5, 5.41) is 0. The van der Waals surface area contributed by atoms with E-state index in [-0.39, 0.29) is 11.4 Å². The van der Waals surface area contributed by atoms with Crippen molar-refractivity contribution in [3.05, 3.63) is 23.5 Å². The molecule has 0 radical (unpaired) electrons. The smallest absolute Gasteiger partial charge is 0.201 e. The maximum absolute atomic E-state index is 13.6. The number of halogens is 1. The van der Waals surface area contributed by atoms with Gasteiger partial charge in [-0.3, -0.25) is 0 Å². The van der Waals surface area contributed by atoms with Gasteiger partial charge >= 0.3 is 0 Å². The van der Waals surface area contributed by atoms with E-state index < -0.39 is 0 Å². The van der Waals surface area contributed by atoms with Crippen LogP contribution in [0.2, 0.25) is 0 Å². The summed E-state index contributed by atoms with van der Waals surface area (Å²) in [7, 11) is 0. The number of fused-ring (bicyclic) bond motifs is 1. The Hall–Kier alpha value is -1.58. The highest BCUT2D eigenvalue weighted by atomic mass is 19.1. The van der Waals surface area contributed by atoms with Gasteiger partial charge in [0.05, 0.1) is 11.0 Å². The van der Waals surface area contributed by atoms with Crippen molar-refractivity contribution in [2.24, 2.45) is 0 Å². The predicted molar refractivity (Wildman–Crippen MR) is 75.6 cm³/mol. The molecule has 0 saturated heterocycles. The number of benzene rings is 1. The third-order valence-electron chi connectivity index (χ3n) is 4.43. The number of hydrogen-bond donors (Lipinski definition) is 1. The van der Waals surface area contributed by atoms with Crippen molar-refractivity contribution in [1.82, 2.24) is 9.55 Å². The second-order valence-electron chi connectivity index (χ2n) is 5.95. The molecule has 3 nitrogen and oxygen atoms in total. The van der Waals surface area contributed by atoms with Crippen molar-refractivity contribution in [3.63, 3.8) is 0 Å². The van der Waals surface area contributed by atoms with Crippen LogP contribution in [-0.2, 0) is 5.54 Å². The zero-order valence-electron chi connectivity index (χ0n) is 11.5. The first-order valence-corrected chi connectivity index (χ1v) is 6.96. The van der Waals surface area contributed by atoms with Crippen molar-refractivity contribution in [1.29, 1.82) is 0 Å². The van der Waals surface area contributed by atoms with Crippen LogP contribution < -0.4 is 5.73 Å². The molecule has 0 spiro atoms. The lowest BCUT2D eigenvalue weighted by atomic mass is 9.83. The molecule has 102 valence electrons. The van der Waals surface area contributed by atoms with Crippen LogP contribution >= 0.6 is 0 Å². The van der Waals surface area contributed by atoms with Gasteiger partial charge in [-0.25, -0.2) is 9.37 Å². The number of nitrogens with two attached hydrogens (primary N) is 1. The Morgan fingerprint density at radius 3 is 2.63 bits per heavy atom. The summed E-state index contributed by atoms with van der Waals surface area (Å²) in [4.78, 5) is 4.34. The predicted octanol–water partition coefficient (Wildman–Crippen LogP) is 3.75. The molecular formula is C15H20FN3. The standard InChI is InChI=1S/C15H20FN3/c1-10-8-13-12(9-11(10)16)18-14(17)19(13)15(2)6-4-3-5-7-15/h8-9H,3-7H2,1-2H3,(H2,17,18). The van der Waals surface area contributed by atoms with Crippen LogP contribution in [0.4, 0.5) is 10.3 Å². The monoisotopic (exact) mass is 261 g/mol. The summed E-state index contributed by atoms with van der Waals surface area (Å²) in [5.41, 5.74) is 8.38. The molecule has 1 aliphatic carbocycles. The molecule has 0 unspecified atom stereocenters. The van der Waals surface area contributed by atoms with E-state index in [0.717, 1.165) is 18.4 Å². The number of rotatable bonds is 1. The highest BCUT2D eigenvalue weighted by Crippen LogP contribution is 2.38. The van der Waals surface area contributed by atoms with Crippen LogP contribution in [0.1, 0.15) is 44.6 Å². The number of nitrogen functional groups attached to an aromatic ring is 1. The number of aromatic nitrogens is 2. The number of imidazole rings is 1. The zero-order valence-corrected chi connectivity index (χ0v) is 11.5. The van der Waals surface area contributed by atoms with Crippen molar-refractivity contribution in [3.8, 4) is 0 Å². The van der Waals surface area contributed by atoms with Crippen LogP contribution in [0.15, 0.2) is 12.1 Å². The van der Waals surface area contributed by atoms with Gasteiger partial charge in [-0.2, -0.15) is 0 Å². The lowest BCUT2D eigenvalue weighted by molar-refractivity contribution is 0.228. The van der Waals surface area contributed by atoms with E-state index in [2.05, 4.69) is 16.5 Å². The molecule has 3 rings (SSSR count). The van der Waals surface area contributed by atoms with E-state index in [0.29, 0.717) is 17.0 Å². The van der Waals surface area contributed by atoms with Crippen LogP contribution in [-0.4, -0.2) is 9.55 Å². The SMILES string of the molecule is Cc1cc2c(cc1F)nc(N)n2C1(C)CCCCC1. The fourth-order valence-electron chi connectivity index (χ4n) is 3.33. The first-order chi connectivity index (χ1) is 9.01. The molecule has 1 saturated carbocycles. The molecule has 2 aromatic rings. The molecule has 4 heteroatoms. The molecule has 1 heterocycles. The summed E-state index contributed by atoms with van der Waals surface area (Å²) >= 11 is 0. The average Bonchev–Trinajstić information content (AvgIpc) is 2.67. The molecule has 1 aliphatic rings. The number of nitrogens with zero attached hydrogens (tertiary/aromatic N) is 2. The molecule has 19 heavy (non-hydrogen) atoms. The van der Waals surface area contributed by atoms with E-state index in [1.54, 1.807) is 6.92 Å². The minimum Gasteiger partial charge on any atom is -0.369 e. The second-order valence-corrected chi connectivity index (χ2v) is 5.95. The summed E-state index contributed by atoms with van der Waals surface area (Å²) in [6.45, 7) is 4.02. The molecule has 1 aromatic carbocycles. The maximum atomic E-state index is 13.6. The quantitative estimate of drug-likeness (QED) is 0.849. The van der Waals surface area contributed by atoms with Crippen molar-refractivity contribution >= 4 is 17.0 Å². The molecule has 0 atom stereocenters. The van der Waals surface area contributed by atoms with Crippen molar-refractivity contribution < 1.29 is 4.39 Å². The van der Waals surface area contributed by atoms with E-state index in [1.807, 2.05) is 6.07 Å². The molecule has 0 amide bonds. The van der Waals surface area contributed by atoms with Gasteiger partial charge in [0.15, 0.2) is 0 Å². The summed E-state index contributed by atoms with van der Waals surface area (Å²) < 4.78 is 15.8. The highest BCUT2D eigenvalue weighted by molar-refractivity contribution is 5.79. The van der Waals surface area contributed by atoms with Crippen LogP contribution in [0, 0.1) is 12.7 Å². The second kappa shape index (κ2) is 4.22. The molecule has 1 aromatic heterocycles. The van der Waals surface area contributed by atoms with Gasteiger partial charge in [0, 0.05) is 11.6 Å². The lowest BCUT2D eigenvalue weighted by Gasteiger charge is -2.36. The van der Waals surface area contributed by atoms with Gasteiger partial charge in [0.2, 0.25) is 5.95 Å². The van der Waals surface area contributed by atoms with E-state index >= 15 is 0 Å². The molecular weight excluding hydrogens is 241 g/mol. The van der Waals surface area contributed by atoms with Crippen LogP contribution in [0.5, 0.6) is 0 Å². The third-order valence-corrected chi connectivity index (χ3v) is 4.43. The number of anilines is 1. The topological polar surface area (TPSA) is 43.8 Å². The van der Waals surface area contributed by atoms with E-state index in [4.69, 9.17) is 5.73 Å². The summed E-state index contributed by atoms with van der Waals surface area (Å²) in [5.74, 6) is 0.287. The molecule has 0 aliphatic heterocycles. The fourth-order valence-corrected chi connectivity index (χ4v) is 3.33. The van der Waals surface area contributed by atoms with Gasteiger partial charge in [-0.15, -0.1) is 0 Å². The average molecular weight is 261 g/mol. The Bertz CT molecular complexity index is 624. The molecule has 1 fully saturated rings.